The quantitative estimate of drug-likeness (QED) is 0.251. The van der Waals surface area contributed by atoms with Crippen LogP contribution in [0.25, 0.3) is 0 Å². The van der Waals surface area contributed by atoms with Gasteiger partial charge in [0.2, 0.25) is 0 Å². The molecule has 0 fully saturated rings. The number of unbranched alkanes of at least 4 members (excludes halogenated alkanes) is 3. The third-order valence-electron chi connectivity index (χ3n) is 4.57. The predicted molar refractivity (Wildman–Crippen MR) is 109 cm³/mol. The summed E-state index contributed by atoms with van der Waals surface area (Å²) < 4.78 is 15.9. The summed E-state index contributed by atoms with van der Waals surface area (Å²) in [6, 6.07) is 0. The Kier molecular flexibility index (Phi) is 16.3. The average Bonchev–Trinajstić information content (AvgIpc) is 2.59. The van der Waals surface area contributed by atoms with Crippen LogP contribution in [0.3, 0.4) is 0 Å². The second kappa shape index (κ2) is 17.0. The molecular formula is C22H42O5. The van der Waals surface area contributed by atoms with Gasteiger partial charge in [0.15, 0.2) is 0 Å². The van der Waals surface area contributed by atoms with Crippen LogP contribution in [0.15, 0.2) is 0 Å². The largest absolute Gasteiger partial charge is 0.465 e. The van der Waals surface area contributed by atoms with E-state index in [0.717, 1.165) is 51.4 Å². The second-order valence-electron chi connectivity index (χ2n) is 7.96. The molecule has 0 rings (SSSR count). The lowest BCUT2D eigenvalue weighted by Gasteiger charge is -2.16. The highest BCUT2D eigenvalue weighted by Gasteiger charge is 2.13. The molecule has 0 saturated heterocycles. The van der Waals surface area contributed by atoms with Crippen LogP contribution in [0, 0.1) is 11.8 Å². The molecule has 0 amide bonds. The van der Waals surface area contributed by atoms with Crippen LogP contribution in [0.4, 0.5) is 0 Å². The lowest BCUT2D eigenvalue weighted by atomic mass is 10.00. The Bertz CT molecular complexity index is 373. The molecule has 0 saturated carbocycles. The predicted octanol–water partition coefficient (Wildman–Crippen LogP) is 5.30. The number of carbonyl (C=O) groups excluding carboxylic acids is 2. The van der Waals surface area contributed by atoms with Crippen LogP contribution in [-0.4, -0.2) is 38.4 Å². The molecule has 0 aromatic heterocycles. The first-order valence-corrected chi connectivity index (χ1v) is 10.7. The standard InChI is InChI=1S/C22H42O5/c1-6-7-11-20(14-15-25-5)17-26-21(23)12-9-8-10-13-22(24)27-19(4)16-18(2)3/h18-20H,6-17H2,1-5H3. The normalized spacial score (nSPS) is 13.4. The summed E-state index contributed by atoms with van der Waals surface area (Å²) in [7, 11) is 1.70. The first-order chi connectivity index (χ1) is 12.9. The zero-order valence-electron chi connectivity index (χ0n) is 18.3. The number of esters is 2. The number of carbonyl (C=O) groups is 2. The van der Waals surface area contributed by atoms with Crippen molar-refractivity contribution in [1.29, 1.82) is 0 Å². The van der Waals surface area contributed by atoms with Gasteiger partial charge in [0.1, 0.15) is 0 Å². The van der Waals surface area contributed by atoms with Gasteiger partial charge in [-0.2, -0.15) is 0 Å². The van der Waals surface area contributed by atoms with Crippen molar-refractivity contribution >= 4 is 11.9 Å². The summed E-state index contributed by atoms with van der Waals surface area (Å²) in [5, 5.41) is 0. The van der Waals surface area contributed by atoms with Gasteiger partial charge in [0.25, 0.3) is 0 Å². The molecule has 2 atom stereocenters. The van der Waals surface area contributed by atoms with Crippen molar-refractivity contribution in [2.45, 2.75) is 98.0 Å². The Balaban J connectivity index is 3.78. The summed E-state index contributed by atoms with van der Waals surface area (Å²) in [5.74, 6) is 0.635. The van der Waals surface area contributed by atoms with Gasteiger partial charge in [-0.3, -0.25) is 9.59 Å². The molecular weight excluding hydrogens is 344 g/mol. The molecule has 0 aromatic rings. The molecule has 27 heavy (non-hydrogen) atoms. The van der Waals surface area contributed by atoms with Crippen LogP contribution in [0.5, 0.6) is 0 Å². The van der Waals surface area contributed by atoms with Crippen molar-refractivity contribution in [1.82, 2.24) is 0 Å². The van der Waals surface area contributed by atoms with E-state index in [1.165, 1.54) is 0 Å². The van der Waals surface area contributed by atoms with Gasteiger partial charge < -0.3 is 14.2 Å². The topological polar surface area (TPSA) is 61.8 Å². The van der Waals surface area contributed by atoms with E-state index < -0.39 is 0 Å². The molecule has 0 aromatic carbocycles. The molecule has 0 bridgehead atoms. The number of methoxy groups -OCH3 is 1. The van der Waals surface area contributed by atoms with Crippen molar-refractivity contribution < 1.29 is 23.8 Å². The van der Waals surface area contributed by atoms with Crippen molar-refractivity contribution in [2.75, 3.05) is 20.3 Å². The first-order valence-electron chi connectivity index (χ1n) is 10.7. The van der Waals surface area contributed by atoms with E-state index in [9.17, 15) is 9.59 Å². The molecule has 5 heteroatoms. The van der Waals surface area contributed by atoms with Gasteiger partial charge in [-0.05, 0) is 50.9 Å². The Morgan fingerprint density at radius 2 is 1.56 bits per heavy atom. The fraction of sp³-hybridized carbons (Fsp3) is 0.909. The van der Waals surface area contributed by atoms with E-state index in [1.807, 2.05) is 6.92 Å². The molecule has 0 spiro atoms. The van der Waals surface area contributed by atoms with E-state index in [4.69, 9.17) is 14.2 Å². The fourth-order valence-corrected chi connectivity index (χ4v) is 3.08. The average molecular weight is 387 g/mol. The maximum absolute atomic E-state index is 11.9. The zero-order valence-corrected chi connectivity index (χ0v) is 18.3. The summed E-state index contributed by atoms with van der Waals surface area (Å²) in [6.45, 7) is 9.54. The molecule has 0 N–H and O–H groups in total. The summed E-state index contributed by atoms with van der Waals surface area (Å²) in [4.78, 5) is 23.7. The maximum Gasteiger partial charge on any atom is 0.306 e. The molecule has 160 valence electrons. The van der Waals surface area contributed by atoms with E-state index in [1.54, 1.807) is 7.11 Å². The van der Waals surface area contributed by atoms with Gasteiger partial charge >= 0.3 is 11.9 Å². The van der Waals surface area contributed by atoms with E-state index in [-0.39, 0.29) is 18.0 Å². The van der Waals surface area contributed by atoms with E-state index in [0.29, 0.717) is 37.9 Å². The first kappa shape index (κ1) is 25.9. The minimum absolute atomic E-state index is 0.0220. The summed E-state index contributed by atoms with van der Waals surface area (Å²) in [6.07, 6.45) is 8.37. The Morgan fingerprint density at radius 3 is 2.15 bits per heavy atom. The lowest BCUT2D eigenvalue weighted by Crippen LogP contribution is -2.17. The van der Waals surface area contributed by atoms with Crippen LogP contribution in [0.1, 0.15) is 91.9 Å². The zero-order chi connectivity index (χ0) is 20.5. The van der Waals surface area contributed by atoms with Gasteiger partial charge in [-0.25, -0.2) is 0 Å². The third kappa shape index (κ3) is 16.8. The third-order valence-corrected chi connectivity index (χ3v) is 4.57. The molecule has 0 heterocycles. The minimum atomic E-state index is -0.137. The van der Waals surface area contributed by atoms with Crippen molar-refractivity contribution in [3.05, 3.63) is 0 Å². The van der Waals surface area contributed by atoms with Crippen molar-refractivity contribution in [2.24, 2.45) is 11.8 Å². The fourth-order valence-electron chi connectivity index (χ4n) is 3.08. The number of hydrogen-bond donors (Lipinski definition) is 0. The molecule has 0 aliphatic carbocycles. The van der Waals surface area contributed by atoms with Crippen LogP contribution >= 0.6 is 0 Å². The minimum Gasteiger partial charge on any atom is -0.465 e. The number of hydrogen-bond acceptors (Lipinski definition) is 5. The molecule has 2 unspecified atom stereocenters. The Morgan fingerprint density at radius 1 is 0.889 bits per heavy atom. The molecule has 0 aliphatic heterocycles. The van der Waals surface area contributed by atoms with Crippen LogP contribution in [-0.2, 0) is 23.8 Å². The van der Waals surface area contributed by atoms with Crippen molar-refractivity contribution in [3.63, 3.8) is 0 Å². The van der Waals surface area contributed by atoms with Crippen molar-refractivity contribution in [3.8, 4) is 0 Å². The second-order valence-corrected chi connectivity index (χ2v) is 7.96. The van der Waals surface area contributed by atoms with E-state index >= 15 is 0 Å². The summed E-state index contributed by atoms with van der Waals surface area (Å²) >= 11 is 0. The smallest absolute Gasteiger partial charge is 0.306 e. The van der Waals surface area contributed by atoms with E-state index in [2.05, 4.69) is 20.8 Å². The SMILES string of the molecule is CCCCC(CCOC)COC(=O)CCCCCC(=O)OC(C)CC(C)C. The van der Waals surface area contributed by atoms with Gasteiger partial charge in [-0.15, -0.1) is 0 Å². The Hall–Kier alpha value is -1.10. The highest BCUT2D eigenvalue weighted by atomic mass is 16.5. The highest BCUT2D eigenvalue weighted by Crippen LogP contribution is 2.15. The van der Waals surface area contributed by atoms with Crippen LogP contribution < -0.4 is 0 Å². The summed E-state index contributed by atoms with van der Waals surface area (Å²) in [5.41, 5.74) is 0. The molecule has 5 nitrogen and oxygen atoms in total. The number of ether oxygens (including phenoxy) is 3. The monoisotopic (exact) mass is 386 g/mol. The Labute approximate surface area is 166 Å². The highest BCUT2D eigenvalue weighted by molar-refractivity contribution is 5.70. The number of rotatable bonds is 17. The molecule has 0 radical (unpaired) electrons. The van der Waals surface area contributed by atoms with Crippen LogP contribution in [0.2, 0.25) is 0 Å². The van der Waals surface area contributed by atoms with Gasteiger partial charge in [0.05, 0.1) is 12.7 Å². The molecule has 0 aliphatic rings. The lowest BCUT2D eigenvalue weighted by molar-refractivity contribution is -0.149. The van der Waals surface area contributed by atoms with Gasteiger partial charge in [0, 0.05) is 26.6 Å². The maximum atomic E-state index is 11.9. The van der Waals surface area contributed by atoms with Gasteiger partial charge in [-0.1, -0.05) is 40.0 Å².